The quantitative estimate of drug-likeness (QED) is 0.781. The smallest absolute Gasteiger partial charge is 0.251 e. The van der Waals surface area contributed by atoms with Crippen LogP contribution in [0.2, 0.25) is 0 Å². The van der Waals surface area contributed by atoms with E-state index in [1.54, 1.807) is 0 Å². The summed E-state index contributed by atoms with van der Waals surface area (Å²) in [5.41, 5.74) is 1.57. The number of carbonyl (C=O) groups is 1. The molecule has 0 heterocycles. The van der Waals surface area contributed by atoms with Crippen molar-refractivity contribution >= 4 is 33.4 Å². The molecule has 2 rings (SSSR count). The number of benzene rings is 1. The van der Waals surface area contributed by atoms with Crippen molar-refractivity contribution in [1.82, 2.24) is 5.32 Å². The minimum absolute atomic E-state index is 0.0274. The number of carbonyl (C=O) groups excluding carboxylic acids is 1. The van der Waals surface area contributed by atoms with Gasteiger partial charge in [-0.15, -0.1) is 11.6 Å². The van der Waals surface area contributed by atoms with Crippen LogP contribution < -0.4 is 5.32 Å². The van der Waals surface area contributed by atoms with Crippen LogP contribution >= 0.6 is 27.5 Å². The summed E-state index contributed by atoms with van der Waals surface area (Å²) in [6.07, 6.45) is 4.30. The van der Waals surface area contributed by atoms with Gasteiger partial charge >= 0.3 is 0 Å². The molecule has 2 unspecified atom stereocenters. The Balaban J connectivity index is 2.14. The number of hydrogen-bond acceptors (Lipinski definition) is 1. The molecule has 1 aliphatic rings. The average molecular weight is 359 g/mol. The van der Waals surface area contributed by atoms with Crippen molar-refractivity contribution in [3.05, 3.63) is 33.8 Å². The Morgan fingerprint density at radius 1 is 1.55 bits per heavy atom. The SMILES string of the molecule is Cc1ccc(C(=O)NC2(CCl)CCCC(C)C2)cc1Br. The van der Waals surface area contributed by atoms with Gasteiger partial charge in [-0.25, -0.2) is 0 Å². The second kappa shape index (κ2) is 6.48. The molecule has 0 bridgehead atoms. The largest absolute Gasteiger partial charge is 0.345 e. The summed E-state index contributed by atoms with van der Waals surface area (Å²) in [4.78, 5) is 12.5. The molecule has 1 aromatic carbocycles. The molecule has 110 valence electrons. The molecule has 0 radical (unpaired) electrons. The maximum Gasteiger partial charge on any atom is 0.251 e. The van der Waals surface area contributed by atoms with E-state index in [1.165, 1.54) is 6.42 Å². The summed E-state index contributed by atoms with van der Waals surface area (Å²) >= 11 is 9.64. The van der Waals surface area contributed by atoms with Gasteiger partial charge in [-0.05, 0) is 43.4 Å². The van der Waals surface area contributed by atoms with E-state index in [4.69, 9.17) is 11.6 Å². The predicted octanol–water partition coefficient (Wildman–Crippen LogP) is 4.68. The van der Waals surface area contributed by atoms with Crippen molar-refractivity contribution in [3.63, 3.8) is 0 Å². The summed E-state index contributed by atoms with van der Waals surface area (Å²) in [6.45, 7) is 4.24. The third kappa shape index (κ3) is 3.56. The molecule has 1 amide bonds. The molecule has 1 fully saturated rings. The van der Waals surface area contributed by atoms with Crippen LogP contribution in [0.3, 0.4) is 0 Å². The highest BCUT2D eigenvalue weighted by Gasteiger charge is 2.35. The molecule has 1 saturated carbocycles. The van der Waals surface area contributed by atoms with E-state index in [-0.39, 0.29) is 11.4 Å². The first-order chi connectivity index (χ1) is 9.46. The summed E-state index contributed by atoms with van der Waals surface area (Å²) in [5, 5.41) is 3.18. The molecular formula is C16H21BrClNO. The Labute approximate surface area is 134 Å². The lowest BCUT2D eigenvalue weighted by Crippen LogP contribution is -2.52. The van der Waals surface area contributed by atoms with E-state index >= 15 is 0 Å². The van der Waals surface area contributed by atoms with E-state index in [9.17, 15) is 4.79 Å². The van der Waals surface area contributed by atoms with Crippen LogP contribution in [0.25, 0.3) is 0 Å². The molecule has 1 aromatic rings. The van der Waals surface area contributed by atoms with Crippen molar-refractivity contribution in [2.75, 3.05) is 5.88 Å². The van der Waals surface area contributed by atoms with Gasteiger partial charge in [0.05, 0.1) is 5.54 Å². The first-order valence-corrected chi connectivity index (χ1v) is 8.43. The molecule has 0 aromatic heterocycles. The summed E-state index contributed by atoms with van der Waals surface area (Å²) < 4.78 is 0.960. The van der Waals surface area contributed by atoms with Crippen LogP contribution in [0.1, 0.15) is 48.5 Å². The summed E-state index contributed by atoms with van der Waals surface area (Å²) in [7, 11) is 0. The lowest BCUT2D eigenvalue weighted by Gasteiger charge is -2.39. The number of amides is 1. The van der Waals surface area contributed by atoms with Gasteiger partial charge < -0.3 is 5.32 Å². The van der Waals surface area contributed by atoms with Crippen molar-refractivity contribution in [2.24, 2.45) is 5.92 Å². The minimum Gasteiger partial charge on any atom is -0.345 e. The maximum absolute atomic E-state index is 12.5. The molecule has 1 N–H and O–H groups in total. The van der Waals surface area contributed by atoms with Crippen LogP contribution in [0.5, 0.6) is 0 Å². The van der Waals surface area contributed by atoms with Crippen LogP contribution in [0.4, 0.5) is 0 Å². The second-order valence-corrected chi connectivity index (χ2v) is 7.16. The fraction of sp³-hybridized carbons (Fsp3) is 0.562. The normalized spacial score (nSPS) is 26.3. The first kappa shape index (κ1) is 15.8. The van der Waals surface area contributed by atoms with E-state index < -0.39 is 0 Å². The standard InChI is InChI=1S/C16H21BrClNO/c1-11-4-3-7-16(9-11,10-18)19-15(20)13-6-5-12(2)14(17)8-13/h5-6,8,11H,3-4,7,9-10H2,1-2H3,(H,19,20). The van der Waals surface area contributed by atoms with Crippen LogP contribution in [-0.2, 0) is 0 Å². The molecule has 2 atom stereocenters. The highest BCUT2D eigenvalue weighted by molar-refractivity contribution is 9.10. The summed E-state index contributed by atoms with van der Waals surface area (Å²) in [6, 6.07) is 5.69. The van der Waals surface area contributed by atoms with Gasteiger partial charge in [-0.3, -0.25) is 4.79 Å². The number of hydrogen-bond donors (Lipinski definition) is 1. The Morgan fingerprint density at radius 3 is 2.90 bits per heavy atom. The Morgan fingerprint density at radius 2 is 2.30 bits per heavy atom. The van der Waals surface area contributed by atoms with E-state index in [0.29, 0.717) is 17.4 Å². The zero-order valence-electron chi connectivity index (χ0n) is 12.0. The molecule has 2 nitrogen and oxygen atoms in total. The molecule has 0 saturated heterocycles. The summed E-state index contributed by atoms with van der Waals surface area (Å²) in [5.74, 6) is 1.07. The Bertz CT molecular complexity index is 505. The zero-order valence-corrected chi connectivity index (χ0v) is 14.4. The second-order valence-electron chi connectivity index (χ2n) is 6.03. The van der Waals surface area contributed by atoms with Crippen LogP contribution in [0.15, 0.2) is 22.7 Å². The molecular weight excluding hydrogens is 338 g/mol. The molecule has 1 aliphatic carbocycles. The van der Waals surface area contributed by atoms with Gasteiger partial charge in [-0.1, -0.05) is 41.8 Å². The van der Waals surface area contributed by atoms with Crippen LogP contribution in [0, 0.1) is 12.8 Å². The van der Waals surface area contributed by atoms with Crippen molar-refractivity contribution in [1.29, 1.82) is 0 Å². The lowest BCUT2D eigenvalue weighted by atomic mass is 9.77. The Hall–Kier alpha value is -0.540. The van der Waals surface area contributed by atoms with E-state index in [2.05, 4.69) is 28.2 Å². The average Bonchev–Trinajstić information content (AvgIpc) is 2.41. The monoisotopic (exact) mass is 357 g/mol. The predicted molar refractivity (Wildman–Crippen MR) is 87.4 cm³/mol. The highest BCUT2D eigenvalue weighted by atomic mass is 79.9. The third-order valence-electron chi connectivity index (χ3n) is 4.16. The van der Waals surface area contributed by atoms with Gasteiger partial charge in [-0.2, -0.15) is 0 Å². The lowest BCUT2D eigenvalue weighted by molar-refractivity contribution is 0.0867. The third-order valence-corrected chi connectivity index (χ3v) is 5.53. The fourth-order valence-electron chi connectivity index (χ4n) is 2.98. The molecule has 0 spiro atoms. The van der Waals surface area contributed by atoms with E-state index in [0.717, 1.165) is 29.3 Å². The molecule has 4 heteroatoms. The molecule has 0 aliphatic heterocycles. The minimum atomic E-state index is -0.242. The number of alkyl halides is 1. The zero-order chi connectivity index (χ0) is 14.8. The van der Waals surface area contributed by atoms with Gasteiger partial charge in [0.2, 0.25) is 0 Å². The number of nitrogens with one attached hydrogen (secondary N) is 1. The maximum atomic E-state index is 12.5. The fourth-order valence-corrected chi connectivity index (χ4v) is 3.66. The van der Waals surface area contributed by atoms with E-state index in [1.807, 2.05) is 25.1 Å². The van der Waals surface area contributed by atoms with Gasteiger partial charge in [0.15, 0.2) is 0 Å². The number of rotatable bonds is 3. The van der Waals surface area contributed by atoms with Crippen LogP contribution in [-0.4, -0.2) is 17.3 Å². The van der Waals surface area contributed by atoms with Gasteiger partial charge in [0, 0.05) is 15.9 Å². The van der Waals surface area contributed by atoms with Crippen molar-refractivity contribution in [2.45, 2.75) is 45.1 Å². The first-order valence-electron chi connectivity index (χ1n) is 7.10. The molecule has 20 heavy (non-hydrogen) atoms. The van der Waals surface area contributed by atoms with Gasteiger partial charge in [0.25, 0.3) is 5.91 Å². The number of halogens is 2. The topological polar surface area (TPSA) is 29.1 Å². The van der Waals surface area contributed by atoms with Crippen molar-refractivity contribution < 1.29 is 4.79 Å². The highest BCUT2D eigenvalue weighted by Crippen LogP contribution is 2.33. The Kier molecular flexibility index (Phi) is 5.14. The van der Waals surface area contributed by atoms with Crippen molar-refractivity contribution in [3.8, 4) is 0 Å². The van der Waals surface area contributed by atoms with Gasteiger partial charge in [0.1, 0.15) is 0 Å². The number of aryl methyl sites for hydroxylation is 1.